The summed E-state index contributed by atoms with van der Waals surface area (Å²) in [5.74, 6) is 0.139. The molecule has 0 aliphatic carbocycles. The Morgan fingerprint density at radius 1 is 1.07 bits per heavy atom. The van der Waals surface area contributed by atoms with Gasteiger partial charge in [-0.3, -0.25) is 4.79 Å². The Morgan fingerprint density at radius 3 is 2.30 bits per heavy atom. The monoisotopic (exact) mass is 386 g/mol. The van der Waals surface area contributed by atoms with Gasteiger partial charge in [0.15, 0.2) is 0 Å². The number of rotatable bonds is 5. The van der Waals surface area contributed by atoms with Crippen molar-refractivity contribution in [1.82, 2.24) is 4.31 Å². The Morgan fingerprint density at radius 2 is 1.70 bits per heavy atom. The molecule has 1 aliphatic heterocycles. The van der Waals surface area contributed by atoms with Crippen molar-refractivity contribution < 1.29 is 13.2 Å². The first kappa shape index (κ1) is 19.6. The molecule has 1 saturated heterocycles. The van der Waals surface area contributed by atoms with E-state index in [2.05, 4.69) is 19.2 Å². The van der Waals surface area contributed by atoms with Crippen molar-refractivity contribution in [3.8, 4) is 0 Å². The van der Waals surface area contributed by atoms with Crippen LogP contribution in [0.25, 0.3) is 0 Å². The van der Waals surface area contributed by atoms with Crippen LogP contribution in [0.2, 0.25) is 0 Å². The molecule has 144 valence electrons. The van der Waals surface area contributed by atoms with Crippen molar-refractivity contribution in [1.29, 1.82) is 0 Å². The van der Waals surface area contributed by atoms with Gasteiger partial charge in [-0.2, -0.15) is 4.31 Å². The Balaban J connectivity index is 1.77. The van der Waals surface area contributed by atoms with Crippen molar-refractivity contribution in [2.75, 3.05) is 11.9 Å². The van der Waals surface area contributed by atoms with E-state index in [-0.39, 0.29) is 10.8 Å². The van der Waals surface area contributed by atoms with E-state index < -0.39 is 16.1 Å². The predicted octanol–water partition coefficient (Wildman–Crippen LogP) is 3.91. The minimum absolute atomic E-state index is 0.231. The molecule has 2 aromatic rings. The molecule has 0 spiro atoms. The summed E-state index contributed by atoms with van der Waals surface area (Å²) in [5.41, 5.74) is 2.87. The summed E-state index contributed by atoms with van der Waals surface area (Å²) >= 11 is 0. The molecule has 2 aromatic carbocycles. The van der Waals surface area contributed by atoms with Gasteiger partial charge in [-0.1, -0.05) is 43.7 Å². The fourth-order valence-corrected chi connectivity index (χ4v) is 4.97. The Kier molecular flexibility index (Phi) is 5.67. The number of nitrogens with one attached hydrogen (secondary N) is 1. The number of amides is 1. The van der Waals surface area contributed by atoms with Gasteiger partial charge < -0.3 is 5.32 Å². The summed E-state index contributed by atoms with van der Waals surface area (Å²) in [6.45, 7) is 6.49. The number of hydrogen-bond donors (Lipinski definition) is 1. The van der Waals surface area contributed by atoms with E-state index in [1.165, 1.54) is 9.87 Å². The van der Waals surface area contributed by atoms with Crippen LogP contribution in [-0.2, 0) is 14.8 Å². The lowest BCUT2D eigenvalue weighted by atomic mass is 10.0. The van der Waals surface area contributed by atoms with Crippen LogP contribution in [0.5, 0.6) is 0 Å². The Hall–Kier alpha value is -2.18. The molecule has 0 saturated carbocycles. The molecule has 1 heterocycles. The van der Waals surface area contributed by atoms with Crippen LogP contribution in [0, 0.1) is 6.92 Å². The number of anilines is 1. The number of sulfonamides is 1. The fourth-order valence-electron chi connectivity index (χ4n) is 3.31. The molecular formula is C21H26N2O3S. The fraction of sp³-hybridized carbons (Fsp3) is 0.381. The van der Waals surface area contributed by atoms with Gasteiger partial charge in [-0.15, -0.1) is 0 Å². The zero-order valence-corrected chi connectivity index (χ0v) is 16.8. The highest BCUT2D eigenvalue weighted by Gasteiger charge is 2.39. The number of benzene rings is 2. The summed E-state index contributed by atoms with van der Waals surface area (Å²) in [7, 11) is -3.69. The minimum atomic E-state index is -3.69. The molecule has 3 rings (SSSR count). The molecule has 0 bridgehead atoms. The molecule has 27 heavy (non-hydrogen) atoms. The summed E-state index contributed by atoms with van der Waals surface area (Å²) < 4.78 is 27.3. The van der Waals surface area contributed by atoms with Crippen LogP contribution in [0.1, 0.15) is 43.7 Å². The summed E-state index contributed by atoms with van der Waals surface area (Å²) in [5, 5.41) is 2.87. The second-order valence-corrected chi connectivity index (χ2v) is 9.24. The maximum Gasteiger partial charge on any atom is 0.243 e. The van der Waals surface area contributed by atoms with Crippen LogP contribution >= 0.6 is 0 Å². The average molecular weight is 387 g/mol. The maximum atomic E-state index is 13.0. The van der Waals surface area contributed by atoms with Gasteiger partial charge in [0.1, 0.15) is 6.04 Å². The smallest absolute Gasteiger partial charge is 0.243 e. The minimum Gasteiger partial charge on any atom is -0.325 e. The Labute approximate surface area is 161 Å². The third-order valence-electron chi connectivity index (χ3n) is 4.98. The van der Waals surface area contributed by atoms with E-state index in [1.807, 2.05) is 31.2 Å². The molecule has 1 N–H and O–H groups in total. The molecule has 1 fully saturated rings. The molecule has 1 unspecified atom stereocenters. The second-order valence-electron chi connectivity index (χ2n) is 7.35. The van der Waals surface area contributed by atoms with Gasteiger partial charge in [-0.05, 0) is 55.5 Å². The van der Waals surface area contributed by atoms with Crippen LogP contribution in [-0.4, -0.2) is 31.2 Å². The Bertz CT molecular complexity index is 903. The number of nitrogens with zero attached hydrogens (tertiary/aromatic N) is 1. The van der Waals surface area contributed by atoms with Gasteiger partial charge in [0.05, 0.1) is 4.90 Å². The molecule has 1 atom stereocenters. The lowest BCUT2D eigenvalue weighted by Gasteiger charge is -2.23. The van der Waals surface area contributed by atoms with Crippen LogP contribution in [0.15, 0.2) is 53.4 Å². The molecule has 6 heteroatoms. The third-order valence-corrected chi connectivity index (χ3v) is 6.90. The van der Waals surface area contributed by atoms with Gasteiger partial charge in [0.2, 0.25) is 15.9 Å². The first-order valence-corrected chi connectivity index (χ1v) is 10.7. The number of hydrogen-bond acceptors (Lipinski definition) is 3. The molecule has 1 amide bonds. The van der Waals surface area contributed by atoms with Crippen molar-refractivity contribution in [2.24, 2.45) is 0 Å². The summed E-state index contributed by atoms with van der Waals surface area (Å²) in [6, 6.07) is 13.8. The van der Waals surface area contributed by atoms with Crippen LogP contribution in [0.3, 0.4) is 0 Å². The molecule has 0 radical (unpaired) electrons. The molecule has 0 aromatic heterocycles. The number of aryl methyl sites for hydroxylation is 1. The van der Waals surface area contributed by atoms with E-state index in [0.29, 0.717) is 31.0 Å². The SMILES string of the molecule is Cc1ccc(S(=O)(=O)N2CCCC2C(=O)Nc2ccc(C(C)C)cc2)cc1. The topological polar surface area (TPSA) is 66.5 Å². The zero-order chi connectivity index (χ0) is 19.6. The van der Waals surface area contributed by atoms with E-state index >= 15 is 0 Å². The third kappa shape index (κ3) is 4.22. The highest BCUT2D eigenvalue weighted by molar-refractivity contribution is 7.89. The summed E-state index contributed by atoms with van der Waals surface area (Å²) in [4.78, 5) is 13.0. The maximum absolute atomic E-state index is 13.0. The van der Waals surface area contributed by atoms with Gasteiger partial charge in [0, 0.05) is 12.2 Å². The number of carbonyl (C=O) groups excluding carboxylic acids is 1. The van der Waals surface area contributed by atoms with Crippen LogP contribution < -0.4 is 5.32 Å². The highest BCUT2D eigenvalue weighted by Crippen LogP contribution is 2.27. The highest BCUT2D eigenvalue weighted by atomic mass is 32.2. The van der Waals surface area contributed by atoms with Crippen LogP contribution in [0.4, 0.5) is 5.69 Å². The van der Waals surface area contributed by atoms with Crippen molar-refractivity contribution in [3.63, 3.8) is 0 Å². The standard InChI is InChI=1S/C21H26N2O3S/c1-15(2)17-8-10-18(11-9-17)22-21(24)20-5-4-14-23(20)27(25,26)19-12-6-16(3)7-13-19/h6-13,15,20H,4-5,14H2,1-3H3,(H,22,24). The lowest BCUT2D eigenvalue weighted by molar-refractivity contribution is -0.119. The largest absolute Gasteiger partial charge is 0.325 e. The molecular weight excluding hydrogens is 360 g/mol. The first-order chi connectivity index (χ1) is 12.8. The van der Waals surface area contributed by atoms with Crippen molar-refractivity contribution in [3.05, 3.63) is 59.7 Å². The van der Waals surface area contributed by atoms with Crippen molar-refractivity contribution >= 4 is 21.6 Å². The van der Waals surface area contributed by atoms with Gasteiger partial charge in [-0.25, -0.2) is 8.42 Å². The zero-order valence-electron chi connectivity index (χ0n) is 16.0. The van der Waals surface area contributed by atoms with E-state index in [9.17, 15) is 13.2 Å². The quantitative estimate of drug-likeness (QED) is 0.847. The van der Waals surface area contributed by atoms with Gasteiger partial charge in [0.25, 0.3) is 0 Å². The summed E-state index contributed by atoms with van der Waals surface area (Å²) in [6.07, 6.45) is 1.20. The second kappa shape index (κ2) is 7.82. The lowest BCUT2D eigenvalue weighted by Crippen LogP contribution is -2.43. The first-order valence-electron chi connectivity index (χ1n) is 9.28. The van der Waals surface area contributed by atoms with Gasteiger partial charge >= 0.3 is 0 Å². The average Bonchev–Trinajstić information content (AvgIpc) is 3.13. The van der Waals surface area contributed by atoms with E-state index in [1.54, 1.807) is 24.3 Å². The number of carbonyl (C=O) groups is 1. The van der Waals surface area contributed by atoms with E-state index in [4.69, 9.17) is 0 Å². The normalized spacial score (nSPS) is 18.0. The molecule has 5 nitrogen and oxygen atoms in total. The predicted molar refractivity (Wildman–Crippen MR) is 107 cm³/mol. The van der Waals surface area contributed by atoms with E-state index in [0.717, 1.165) is 5.56 Å². The van der Waals surface area contributed by atoms with Crippen molar-refractivity contribution in [2.45, 2.75) is 50.5 Å². The molecule has 1 aliphatic rings.